The summed E-state index contributed by atoms with van der Waals surface area (Å²) in [7, 11) is 5.77. The largest absolute Gasteiger partial charge is 0.361 e. The number of carbonyl (C=O) groups excluding carboxylic acids is 1. The molecule has 6 heteroatoms. The molecule has 0 spiro atoms. The van der Waals surface area contributed by atoms with Crippen LogP contribution in [0.4, 0.5) is 5.82 Å². The zero-order chi connectivity index (χ0) is 15.7. The minimum absolute atomic E-state index is 0.00907. The molecule has 3 rings (SSSR count). The summed E-state index contributed by atoms with van der Waals surface area (Å²) < 4.78 is 1.86. The molecule has 1 atom stereocenters. The molecule has 116 valence electrons. The van der Waals surface area contributed by atoms with Crippen molar-refractivity contribution in [3.05, 3.63) is 42.1 Å². The molecule has 0 aliphatic carbocycles. The Hall–Kier alpha value is -2.37. The number of aromatic nitrogens is 3. The molecule has 1 amide bonds. The number of rotatable bonds is 3. The SMILES string of the molecule is CN(C)c1cncc(C2CCCN2C(=O)c2cccn2C)n1. The normalized spacial score (nSPS) is 17.8. The molecule has 0 radical (unpaired) electrons. The number of nitrogens with zero attached hydrogens (tertiary/aromatic N) is 5. The molecule has 2 aromatic heterocycles. The Morgan fingerprint density at radius 3 is 2.86 bits per heavy atom. The fraction of sp³-hybridized carbons (Fsp3) is 0.438. The molecule has 1 fully saturated rings. The van der Waals surface area contributed by atoms with Gasteiger partial charge in [0, 0.05) is 33.9 Å². The van der Waals surface area contributed by atoms with Crippen molar-refractivity contribution in [1.82, 2.24) is 19.4 Å². The molecule has 1 saturated heterocycles. The van der Waals surface area contributed by atoms with Crippen molar-refractivity contribution in [3.63, 3.8) is 0 Å². The summed E-state index contributed by atoms with van der Waals surface area (Å²) in [6.07, 6.45) is 7.33. The van der Waals surface area contributed by atoms with Gasteiger partial charge in [0.15, 0.2) is 0 Å². The van der Waals surface area contributed by atoms with Gasteiger partial charge in [0.2, 0.25) is 0 Å². The number of aryl methyl sites for hydroxylation is 1. The number of likely N-dealkylation sites (tertiary alicyclic amines) is 1. The van der Waals surface area contributed by atoms with Crippen molar-refractivity contribution >= 4 is 11.7 Å². The standard InChI is InChI=1S/C16H21N5O/c1-19(2)15-11-17-10-12(18-15)13-6-5-9-21(13)16(22)14-7-4-8-20(14)3/h4,7-8,10-11,13H,5-6,9H2,1-3H3. The number of anilines is 1. The number of carbonyl (C=O) groups is 1. The second-order valence-corrected chi connectivity index (χ2v) is 5.86. The third-order valence-electron chi connectivity index (χ3n) is 4.12. The third kappa shape index (κ3) is 2.56. The summed E-state index contributed by atoms with van der Waals surface area (Å²) in [6, 6.07) is 3.76. The maximum Gasteiger partial charge on any atom is 0.271 e. The maximum atomic E-state index is 12.8. The van der Waals surface area contributed by atoms with Crippen molar-refractivity contribution < 1.29 is 4.79 Å². The van der Waals surface area contributed by atoms with Crippen LogP contribution in [-0.2, 0) is 7.05 Å². The van der Waals surface area contributed by atoms with Crippen LogP contribution in [0.2, 0.25) is 0 Å². The van der Waals surface area contributed by atoms with Crippen LogP contribution < -0.4 is 4.90 Å². The minimum Gasteiger partial charge on any atom is -0.361 e. The molecule has 6 nitrogen and oxygen atoms in total. The first-order chi connectivity index (χ1) is 10.6. The van der Waals surface area contributed by atoms with Gasteiger partial charge in [-0.05, 0) is 25.0 Å². The lowest BCUT2D eigenvalue weighted by molar-refractivity contribution is 0.0723. The lowest BCUT2D eigenvalue weighted by atomic mass is 10.1. The van der Waals surface area contributed by atoms with Crippen LogP contribution in [0.3, 0.4) is 0 Å². The smallest absolute Gasteiger partial charge is 0.271 e. The van der Waals surface area contributed by atoms with Gasteiger partial charge < -0.3 is 14.4 Å². The maximum absolute atomic E-state index is 12.8. The highest BCUT2D eigenvalue weighted by molar-refractivity contribution is 5.93. The first-order valence-corrected chi connectivity index (χ1v) is 7.49. The van der Waals surface area contributed by atoms with Gasteiger partial charge in [-0.2, -0.15) is 0 Å². The van der Waals surface area contributed by atoms with Gasteiger partial charge in [0.05, 0.1) is 24.1 Å². The fourth-order valence-corrected chi connectivity index (χ4v) is 2.89. The molecule has 2 aromatic rings. The predicted octanol–water partition coefficient (Wildman–Crippen LogP) is 1.86. The first-order valence-electron chi connectivity index (χ1n) is 7.49. The summed E-state index contributed by atoms with van der Waals surface area (Å²) in [5.41, 5.74) is 1.58. The second-order valence-electron chi connectivity index (χ2n) is 5.86. The van der Waals surface area contributed by atoms with Crippen LogP contribution >= 0.6 is 0 Å². The Balaban J connectivity index is 1.89. The van der Waals surface area contributed by atoms with E-state index in [0.717, 1.165) is 30.9 Å². The van der Waals surface area contributed by atoms with E-state index in [9.17, 15) is 4.79 Å². The molecule has 1 aliphatic rings. The van der Waals surface area contributed by atoms with Crippen LogP contribution in [-0.4, -0.2) is 46.0 Å². The van der Waals surface area contributed by atoms with Gasteiger partial charge >= 0.3 is 0 Å². The van der Waals surface area contributed by atoms with Gasteiger partial charge in [0.1, 0.15) is 11.5 Å². The van der Waals surface area contributed by atoms with Crippen LogP contribution in [0.5, 0.6) is 0 Å². The summed E-state index contributed by atoms with van der Waals surface area (Å²) in [5, 5.41) is 0. The van der Waals surface area contributed by atoms with Crippen molar-refractivity contribution in [3.8, 4) is 0 Å². The van der Waals surface area contributed by atoms with E-state index in [-0.39, 0.29) is 11.9 Å². The summed E-state index contributed by atoms with van der Waals surface area (Å²) in [4.78, 5) is 25.5. The van der Waals surface area contributed by atoms with Gasteiger partial charge in [-0.25, -0.2) is 4.98 Å². The van der Waals surface area contributed by atoms with E-state index >= 15 is 0 Å². The Bertz CT molecular complexity index is 679. The molecule has 3 heterocycles. The van der Waals surface area contributed by atoms with E-state index in [1.165, 1.54) is 0 Å². The Morgan fingerprint density at radius 2 is 2.18 bits per heavy atom. The minimum atomic E-state index is 0.00907. The Kier molecular flexibility index (Phi) is 3.83. The van der Waals surface area contributed by atoms with E-state index in [1.807, 2.05) is 53.8 Å². The molecular weight excluding hydrogens is 278 g/mol. The van der Waals surface area contributed by atoms with Crippen molar-refractivity contribution in [2.45, 2.75) is 18.9 Å². The topological polar surface area (TPSA) is 54.3 Å². The zero-order valence-electron chi connectivity index (χ0n) is 13.2. The molecule has 1 unspecified atom stereocenters. The Labute approximate surface area is 130 Å². The molecule has 22 heavy (non-hydrogen) atoms. The molecule has 0 bridgehead atoms. The average molecular weight is 299 g/mol. The average Bonchev–Trinajstić information content (AvgIpc) is 3.15. The van der Waals surface area contributed by atoms with E-state index in [4.69, 9.17) is 0 Å². The summed E-state index contributed by atoms with van der Waals surface area (Å²) in [5.74, 6) is 0.878. The highest BCUT2D eigenvalue weighted by atomic mass is 16.2. The van der Waals surface area contributed by atoms with Gasteiger partial charge in [-0.15, -0.1) is 0 Å². The lowest BCUT2D eigenvalue weighted by Gasteiger charge is -2.25. The molecule has 0 saturated carbocycles. The summed E-state index contributed by atoms with van der Waals surface area (Å²) in [6.45, 7) is 0.766. The first kappa shape index (κ1) is 14.6. The quantitative estimate of drug-likeness (QED) is 0.868. The Morgan fingerprint density at radius 1 is 1.36 bits per heavy atom. The fourth-order valence-electron chi connectivity index (χ4n) is 2.89. The second kappa shape index (κ2) is 5.79. The predicted molar refractivity (Wildman–Crippen MR) is 84.8 cm³/mol. The van der Waals surface area contributed by atoms with Crippen LogP contribution in [0, 0.1) is 0 Å². The summed E-state index contributed by atoms with van der Waals surface area (Å²) >= 11 is 0. The van der Waals surface area contributed by atoms with Crippen LogP contribution in [0.25, 0.3) is 0 Å². The molecule has 1 aliphatic heterocycles. The lowest BCUT2D eigenvalue weighted by Crippen LogP contribution is -2.32. The highest BCUT2D eigenvalue weighted by Gasteiger charge is 2.32. The van der Waals surface area contributed by atoms with Crippen molar-refractivity contribution in [1.29, 1.82) is 0 Å². The number of amides is 1. The van der Waals surface area contributed by atoms with E-state index in [2.05, 4.69) is 9.97 Å². The van der Waals surface area contributed by atoms with E-state index < -0.39 is 0 Å². The molecule has 0 aromatic carbocycles. The van der Waals surface area contributed by atoms with E-state index in [1.54, 1.807) is 12.4 Å². The monoisotopic (exact) mass is 299 g/mol. The van der Waals surface area contributed by atoms with Gasteiger partial charge in [-0.1, -0.05) is 0 Å². The van der Waals surface area contributed by atoms with Crippen LogP contribution in [0.1, 0.15) is 35.1 Å². The molecular formula is C16H21N5O. The van der Waals surface area contributed by atoms with Crippen molar-refractivity contribution in [2.75, 3.05) is 25.5 Å². The number of hydrogen-bond acceptors (Lipinski definition) is 4. The zero-order valence-corrected chi connectivity index (χ0v) is 13.2. The van der Waals surface area contributed by atoms with E-state index in [0.29, 0.717) is 5.69 Å². The van der Waals surface area contributed by atoms with Gasteiger partial charge in [0.25, 0.3) is 5.91 Å². The highest BCUT2D eigenvalue weighted by Crippen LogP contribution is 2.32. The van der Waals surface area contributed by atoms with Gasteiger partial charge in [-0.3, -0.25) is 9.78 Å². The van der Waals surface area contributed by atoms with Crippen LogP contribution in [0.15, 0.2) is 30.7 Å². The van der Waals surface area contributed by atoms with Crippen molar-refractivity contribution in [2.24, 2.45) is 7.05 Å². The third-order valence-corrected chi connectivity index (χ3v) is 4.12. The molecule has 0 N–H and O–H groups in total. The number of hydrogen-bond donors (Lipinski definition) is 0.